The van der Waals surface area contributed by atoms with E-state index in [0.717, 1.165) is 16.3 Å². The molecular weight excluding hydrogens is 399 g/mol. The summed E-state index contributed by atoms with van der Waals surface area (Å²) < 4.78 is 40.8. The van der Waals surface area contributed by atoms with E-state index in [2.05, 4.69) is 15.7 Å². The Labute approximate surface area is 172 Å². The van der Waals surface area contributed by atoms with Gasteiger partial charge in [0.2, 0.25) is 0 Å². The Kier molecular flexibility index (Phi) is 7.51. The van der Waals surface area contributed by atoms with Crippen LogP contribution in [0, 0.1) is 6.92 Å². The van der Waals surface area contributed by atoms with Gasteiger partial charge >= 0.3 is 12.2 Å². The summed E-state index contributed by atoms with van der Waals surface area (Å²) in [6.07, 6.45) is -4.26. The van der Waals surface area contributed by atoms with Crippen molar-refractivity contribution in [3.63, 3.8) is 0 Å². The van der Waals surface area contributed by atoms with E-state index >= 15 is 0 Å². The van der Waals surface area contributed by atoms with Crippen molar-refractivity contribution in [3.05, 3.63) is 64.7 Å². The van der Waals surface area contributed by atoms with E-state index in [-0.39, 0.29) is 24.3 Å². The number of benzene rings is 2. The lowest BCUT2D eigenvalue weighted by molar-refractivity contribution is -0.466. The maximum Gasteiger partial charge on any atom is 0.459 e. The van der Waals surface area contributed by atoms with E-state index in [1.165, 1.54) is 25.2 Å². The van der Waals surface area contributed by atoms with Crippen LogP contribution in [0.1, 0.15) is 35.6 Å². The molecule has 160 valence electrons. The molecule has 10 heteroatoms. The number of carbonyl (C=O) groups excluding carboxylic acids is 1. The Morgan fingerprint density at radius 3 is 2.53 bits per heavy atom. The second kappa shape index (κ2) is 9.86. The molecule has 0 heterocycles. The number of alkyl halides is 3. The predicted octanol–water partition coefficient (Wildman–Crippen LogP) is 4.84. The Bertz CT molecular complexity index is 971. The number of urea groups is 1. The number of amides is 2. The minimum Gasteiger partial charge on any atom is -0.391 e. The van der Waals surface area contributed by atoms with Crippen LogP contribution in [0.2, 0.25) is 0 Å². The fourth-order valence-electron chi connectivity index (χ4n) is 2.72. The average Bonchev–Trinajstić information content (AvgIpc) is 2.71. The number of nitrogens with zero attached hydrogens (tertiary/aromatic N) is 3. The average molecular weight is 422 g/mol. The van der Waals surface area contributed by atoms with Crippen molar-refractivity contribution < 1.29 is 27.5 Å². The highest BCUT2D eigenvalue weighted by atomic mass is 19.4. The van der Waals surface area contributed by atoms with E-state index < -0.39 is 17.8 Å². The molecule has 0 spiro atoms. The summed E-state index contributed by atoms with van der Waals surface area (Å²) in [7, 11) is 1.39. The molecule has 0 aliphatic carbocycles. The normalized spacial score (nSPS) is 12.6. The van der Waals surface area contributed by atoms with Crippen molar-refractivity contribution in [3.8, 4) is 0 Å². The summed E-state index contributed by atoms with van der Waals surface area (Å²) in [6, 6.07) is 9.88. The van der Waals surface area contributed by atoms with Gasteiger partial charge in [0, 0.05) is 16.4 Å². The highest BCUT2D eigenvalue weighted by Gasteiger charge is 2.34. The van der Waals surface area contributed by atoms with Gasteiger partial charge in [-0.05, 0) is 31.0 Å². The standard InChI is InChI=1S/C20H22F3N5O2/c1-4-17(14-9-5-6-10-16(14)20(21,22)23)26-30-12-15-13(2)8-7-11-18(15)25-19(29)28(3)27-24/h5-11,24H,4,12H2,1-3H3,(H,25,29)/p+1. The first-order valence-corrected chi connectivity index (χ1v) is 9.08. The van der Waals surface area contributed by atoms with Crippen LogP contribution in [0.15, 0.2) is 52.8 Å². The van der Waals surface area contributed by atoms with Crippen molar-refractivity contribution in [1.29, 1.82) is 0 Å². The molecule has 0 saturated carbocycles. The molecule has 0 unspecified atom stereocenters. The minimum atomic E-state index is -4.50. The van der Waals surface area contributed by atoms with Crippen molar-refractivity contribution in [2.45, 2.75) is 33.1 Å². The number of hydrogen-bond donors (Lipinski definition) is 2. The van der Waals surface area contributed by atoms with E-state index in [0.29, 0.717) is 11.3 Å². The monoisotopic (exact) mass is 422 g/mol. The summed E-state index contributed by atoms with van der Waals surface area (Å²) in [6.45, 7) is 3.46. The van der Waals surface area contributed by atoms with Gasteiger partial charge in [-0.25, -0.2) is 16.0 Å². The molecule has 0 bridgehead atoms. The van der Waals surface area contributed by atoms with Crippen LogP contribution in [-0.4, -0.2) is 23.5 Å². The highest BCUT2D eigenvalue weighted by Crippen LogP contribution is 2.32. The number of carbonyl (C=O) groups is 1. The molecule has 3 N–H and O–H groups in total. The van der Waals surface area contributed by atoms with Crippen molar-refractivity contribution in [2.75, 3.05) is 12.4 Å². The topological polar surface area (TPSA) is 92.1 Å². The van der Waals surface area contributed by atoms with Gasteiger partial charge in [0.25, 0.3) is 0 Å². The Morgan fingerprint density at radius 2 is 1.90 bits per heavy atom. The SMILES string of the molecule is CCC(=NOCc1c(C)cccc1NC(=O)/[N+](C)=N\N)c1ccccc1C(F)(F)F. The van der Waals surface area contributed by atoms with Gasteiger partial charge in [0.05, 0.1) is 18.3 Å². The molecular formula is C20H23F3N5O2+. The zero-order chi connectivity index (χ0) is 22.3. The Morgan fingerprint density at radius 1 is 1.20 bits per heavy atom. The van der Waals surface area contributed by atoms with Crippen LogP contribution >= 0.6 is 0 Å². The molecule has 0 aliphatic heterocycles. The number of anilines is 1. The lowest BCUT2D eigenvalue weighted by atomic mass is 10.0. The molecule has 0 atom stereocenters. The first kappa shape index (κ1) is 22.9. The maximum absolute atomic E-state index is 13.3. The molecule has 2 amide bonds. The molecule has 2 rings (SSSR count). The van der Waals surface area contributed by atoms with E-state index in [1.807, 2.05) is 13.0 Å². The number of nitrogens with one attached hydrogen (secondary N) is 1. The minimum absolute atomic E-state index is 0.0306. The molecule has 2 aromatic rings. The van der Waals surface area contributed by atoms with Crippen molar-refractivity contribution in [2.24, 2.45) is 16.2 Å². The van der Waals surface area contributed by atoms with Crippen molar-refractivity contribution in [1.82, 2.24) is 0 Å². The summed E-state index contributed by atoms with van der Waals surface area (Å²) in [5, 5.41) is 9.87. The largest absolute Gasteiger partial charge is 0.459 e. The fourth-order valence-corrected chi connectivity index (χ4v) is 2.72. The van der Waals surface area contributed by atoms with E-state index in [9.17, 15) is 18.0 Å². The summed E-state index contributed by atoms with van der Waals surface area (Å²) in [5.41, 5.74) is 1.26. The fraction of sp³-hybridized carbons (Fsp3) is 0.300. The maximum atomic E-state index is 13.3. The van der Waals surface area contributed by atoms with Gasteiger partial charge < -0.3 is 4.84 Å². The van der Waals surface area contributed by atoms with Gasteiger partial charge in [-0.2, -0.15) is 13.2 Å². The molecule has 2 aromatic carbocycles. The first-order chi connectivity index (χ1) is 14.2. The summed E-state index contributed by atoms with van der Waals surface area (Å²) >= 11 is 0. The summed E-state index contributed by atoms with van der Waals surface area (Å²) in [4.78, 5) is 17.4. The third kappa shape index (κ3) is 5.56. The van der Waals surface area contributed by atoms with E-state index in [4.69, 9.17) is 10.7 Å². The van der Waals surface area contributed by atoms with Gasteiger partial charge in [-0.3, -0.25) is 0 Å². The number of halogens is 3. The predicted molar refractivity (Wildman–Crippen MR) is 106 cm³/mol. The number of aryl methyl sites for hydroxylation is 1. The second-order valence-electron chi connectivity index (χ2n) is 6.38. The third-order valence-corrected chi connectivity index (χ3v) is 4.38. The number of oxime groups is 1. The Balaban J connectivity index is 2.27. The molecule has 0 aliphatic rings. The molecule has 7 nitrogen and oxygen atoms in total. The van der Waals surface area contributed by atoms with Crippen molar-refractivity contribution >= 4 is 17.4 Å². The Hall–Kier alpha value is -3.43. The quantitative estimate of drug-likeness (QED) is 0.229. The van der Waals surface area contributed by atoms with Gasteiger partial charge in [-0.1, -0.05) is 42.4 Å². The highest BCUT2D eigenvalue weighted by molar-refractivity contribution is 6.01. The lowest BCUT2D eigenvalue weighted by Gasteiger charge is -2.14. The van der Waals surface area contributed by atoms with Crippen LogP contribution in [0.3, 0.4) is 0 Å². The smallest absolute Gasteiger partial charge is 0.391 e. The molecule has 0 aromatic heterocycles. The molecule has 30 heavy (non-hydrogen) atoms. The van der Waals surface area contributed by atoms with Crippen LogP contribution < -0.4 is 11.2 Å². The number of rotatable bonds is 6. The zero-order valence-corrected chi connectivity index (χ0v) is 16.8. The molecule has 0 radical (unpaired) electrons. The first-order valence-electron chi connectivity index (χ1n) is 9.08. The van der Waals surface area contributed by atoms with Gasteiger partial charge in [0.15, 0.2) is 0 Å². The van der Waals surface area contributed by atoms with E-state index in [1.54, 1.807) is 19.1 Å². The van der Waals surface area contributed by atoms with Crippen LogP contribution in [0.4, 0.5) is 23.7 Å². The van der Waals surface area contributed by atoms with Crippen LogP contribution in [-0.2, 0) is 17.6 Å². The summed E-state index contributed by atoms with van der Waals surface area (Å²) in [5.74, 6) is 5.09. The van der Waals surface area contributed by atoms with Crippen LogP contribution in [0.5, 0.6) is 0 Å². The zero-order valence-electron chi connectivity index (χ0n) is 16.8. The second-order valence-corrected chi connectivity index (χ2v) is 6.38. The lowest BCUT2D eigenvalue weighted by Crippen LogP contribution is -2.23. The number of hydrogen-bond acceptors (Lipinski definition) is 4. The van der Waals surface area contributed by atoms with Gasteiger partial charge in [0.1, 0.15) is 12.3 Å². The molecule has 0 saturated heterocycles. The third-order valence-electron chi connectivity index (χ3n) is 4.38. The number of nitrogens with two attached hydrogens (primary N) is 1. The van der Waals surface area contributed by atoms with Gasteiger partial charge in [-0.15, -0.1) is 4.70 Å². The molecule has 0 fully saturated rings. The van der Waals surface area contributed by atoms with Crippen LogP contribution in [0.25, 0.3) is 0 Å².